The number of ketones is 2. The maximum atomic E-state index is 12.9. The van der Waals surface area contributed by atoms with Crippen molar-refractivity contribution in [2.75, 3.05) is 20.1 Å². The van der Waals surface area contributed by atoms with Crippen molar-refractivity contribution in [1.82, 2.24) is 0 Å². The molecule has 1 aliphatic heterocycles. The molecular weight excluding hydrogens is 298 g/mol. The maximum Gasteiger partial charge on any atom is 0.172 e. The van der Waals surface area contributed by atoms with Gasteiger partial charge in [-0.25, -0.2) is 0 Å². The molecule has 1 heterocycles. The summed E-state index contributed by atoms with van der Waals surface area (Å²) in [5.74, 6) is -0.280. The molecule has 1 N–H and O–H groups in total. The van der Waals surface area contributed by atoms with Gasteiger partial charge in [0.25, 0.3) is 0 Å². The molecule has 0 saturated carbocycles. The molecule has 0 aliphatic carbocycles. The normalized spacial score (nSPS) is 21.0. The fraction of sp³-hybridized carbons (Fsp3) is 0.333. The average Bonchev–Trinajstić information content (AvgIpc) is 2.97. The molecule has 0 radical (unpaired) electrons. The Morgan fingerprint density at radius 1 is 0.750 bits per heavy atom. The van der Waals surface area contributed by atoms with Crippen molar-refractivity contribution in [3.8, 4) is 0 Å². The van der Waals surface area contributed by atoms with E-state index in [1.165, 1.54) is 4.90 Å². The van der Waals surface area contributed by atoms with E-state index < -0.39 is 0 Å². The molecule has 3 nitrogen and oxygen atoms in total. The number of likely N-dealkylation sites (tertiary alicyclic amines) is 1. The van der Waals surface area contributed by atoms with Gasteiger partial charge in [-0.15, -0.1) is 0 Å². The van der Waals surface area contributed by atoms with Crippen LogP contribution in [0.1, 0.15) is 31.8 Å². The number of hydrogen-bond donors (Lipinski definition) is 1. The van der Waals surface area contributed by atoms with Crippen LogP contribution in [0.2, 0.25) is 0 Å². The Hall–Kier alpha value is -2.26. The number of hydrogen-bond acceptors (Lipinski definition) is 2. The van der Waals surface area contributed by atoms with E-state index in [-0.39, 0.29) is 23.4 Å². The van der Waals surface area contributed by atoms with Gasteiger partial charge in [-0.3, -0.25) is 9.59 Å². The number of aryl methyl sites for hydroxylation is 2. The minimum absolute atomic E-state index is 0.0947. The lowest BCUT2D eigenvalue weighted by molar-refractivity contribution is -0.868. The summed E-state index contributed by atoms with van der Waals surface area (Å²) in [5.41, 5.74) is 3.69. The van der Waals surface area contributed by atoms with E-state index in [2.05, 4.69) is 7.05 Å². The van der Waals surface area contributed by atoms with Crippen molar-refractivity contribution >= 4 is 11.6 Å². The van der Waals surface area contributed by atoms with Crippen molar-refractivity contribution in [3.63, 3.8) is 0 Å². The fourth-order valence-corrected chi connectivity index (χ4v) is 3.53. The van der Waals surface area contributed by atoms with Gasteiger partial charge in [0.15, 0.2) is 11.6 Å². The zero-order valence-electron chi connectivity index (χ0n) is 14.5. The highest BCUT2D eigenvalue weighted by Gasteiger charge is 2.43. The predicted molar refractivity (Wildman–Crippen MR) is 94.6 cm³/mol. The van der Waals surface area contributed by atoms with E-state index in [1.807, 2.05) is 62.4 Å². The number of carbonyl (C=O) groups is 2. The quantitative estimate of drug-likeness (QED) is 0.876. The number of quaternary nitrogens is 1. The molecule has 1 aliphatic rings. The Labute approximate surface area is 143 Å². The molecule has 0 bridgehead atoms. The minimum atomic E-state index is -0.235. The number of rotatable bonds is 4. The Morgan fingerprint density at radius 3 is 1.42 bits per heavy atom. The first-order valence-corrected chi connectivity index (χ1v) is 8.49. The molecule has 0 unspecified atom stereocenters. The molecule has 0 spiro atoms. The zero-order valence-corrected chi connectivity index (χ0v) is 14.5. The Bertz CT molecular complexity index is 681. The third kappa shape index (κ3) is 3.31. The van der Waals surface area contributed by atoms with Gasteiger partial charge in [0, 0.05) is 11.1 Å². The van der Waals surface area contributed by atoms with Gasteiger partial charge in [-0.1, -0.05) is 59.7 Å². The van der Waals surface area contributed by atoms with Crippen LogP contribution >= 0.6 is 0 Å². The summed E-state index contributed by atoms with van der Waals surface area (Å²) < 4.78 is 0. The van der Waals surface area contributed by atoms with Gasteiger partial charge in [-0.05, 0) is 13.8 Å². The standard InChI is InChI=1S/C21H23NO2/c1-14-4-8-16(9-5-14)20(23)18-12-22(3)13-19(18)21(24)17-10-6-15(2)7-11-17/h4-11,18-19H,12-13H2,1-3H3/p+1/t18-,19-/m1/s1. The van der Waals surface area contributed by atoms with Gasteiger partial charge in [0.05, 0.1) is 32.0 Å². The first kappa shape index (κ1) is 16.6. The second-order valence-electron chi connectivity index (χ2n) is 7.04. The lowest BCUT2D eigenvalue weighted by atomic mass is 9.83. The predicted octanol–water partition coefficient (Wildman–Crippen LogP) is 2.13. The summed E-state index contributed by atoms with van der Waals surface area (Å²) in [6.07, 6.45) is 0. The van der Waals surface area contributed by atoms with Crippen LogP contribution in [0.5, 0.6) is 0 Å². The average molecular weight is 322 g/mol. The zero-order chi connectivity index (χ0) is 17.3. The SMILES string of the molecule is Cc1ccc(C(=O)[C@@H]2C[NH+](C)C[C@H]2C(=O)c2ccc(C)cc2)cc1. The highest BCUT2D eigenvalue weighted by molar-refractivity contribution is 6.05. The van der Waals surface area contributed by atoms with Crippen LogP contribution in [0.4, 0.5) is 0 Å². The summed E-state index contributed by atoms with van der Waals surface area (Å²) in [5, 5.41) is 0. The van der Waals surface area contributed by atoms with E-state index in [1.54, 1.807) is 0 Å². The minimum Gasteiger partial charge on any atom is -0.336 e. The van der Waals surface area contributed by atoms with Crippen molar-refractivity contribution in [1.29, 1.82) is 0 Å². The largest absolute Gasteiger partial charge is 0.336 e. The van der Waals surface area contributed by atoms with E-state index >= 15 is 0 Å². The van der Waals surface area contributed by atoms with Crippen LogP contribution in [0.15, 0.2) is 48.5 Å². The first-order chi connectivity index (χ1) is 11.5. The molecular formula is C21H24NO2+. The molecule has 3 heteroatoms. The van der Waals surface area contributed by atoms with E-state index in [0.717, 1.165) is 24.2 Å². The molecule has 0 amide bonds. The second kappa shape index (κ2) is 6.70. The summed E-state index contributed by atoms with van der Waals surface area (Å²) >= 11 is 0. The highest BCUT2D eigenvalue weighted by atomic mass is 16.1. The second-order valence-corrected chi connectivity index (χ2v) is 7.04. The molecule has 0 aromatic heterocycles. The van der Waals surface area contributed by atoms with Gasteiger partial charge in [-0.2, -0.15) is 0 Å². The van der Waals surface area contributed by atoms with Gasteiger partial charge in [0.1, 0.15) is 0 Å². The Kier molecular flexibility index (Phi) is 4.63. The highest BCUT2D eigenvalue weighted by Crippen LogP contribution is 2.24. The van der Waals surface area contributed by atoms with Gasteiger partial charge >= 0.3 is 0 Å². The van der Waals surface area contributed by atoms with Crippen LogP contribution in [-0.4, -0.2) is 31.7 Å². The number of benzene rings is 2. The number of nitrogens with one attached hydrogen (secondary N) is 1. The Morgan fingerprint density at radius 2 is 1.08 bits per heavy atom. The van der Waals surface area contributed by atoms with E-state index in [0.29, 0.717) is 11.1 Å². The summed E-state index contributed by atoms with van der Waals surface area (Å²) in [6.45, 7) is 5.45. The molecule has 124 valence electrons. The number of carbonyl (C=O) groups excluding carboxylic acids is 2. The van der Waals surface area contributed by atoms with Gasteiger partial charge < -0.3 is 4.90 Å². The summed E-state index contributed by atoms with van der Waals surface area (Å²) in [6, 6.07) is 15.3. The third-order valence-electron chi connectivity index (χ3n) is 4.97. The number of Topliss-reactive ketones (excluding diaryl/α,β-unsaturated/α-hetero) is 2. The van der Waals surface area contributed by atoms with Crippen molar-refractivity contribution in [3.05, 3.63) is 70.8 Å². The molecule has 1 fully saturated rings. The summed E-state index contributed by atoms with van der Waals surface area (Å²) in [7, 11) is 2.05. The van der Waals surface area contributed by atoms with Crippen molar-refractivity contribution < 1.29 is 14.5 Å². The maximum absolute atomic E-state index is 12.9. The van der Waals surface area contributed by atoms with Crippen molar-refractivity contribution in [2.45, 2.75) is 13.8 Å². The monoisotopic (exact) mass is 322 g/mol. The molecule has 3 rings (SSSR count). The van der Waals surface area contributed by atoms with Gasteiger partial charge in [0.2, 0.25) is 0 Å². The van der Waals surface area contributed by atoms with Crippen LogP contribution in [-0.2, 0) is 0 Å². The van der Waals surface area contributed by atoms with Crippen LogP contribution in [0.25, 0.3) is 0 Å². The fourth-order valence-electron chi connectivity index (χ4n) is 3.53. The smallest absolute Gasteiger partial charge is 0.172 e. The topological polar surface area (TPSA) is 38.6 Å². The van der Waals surface area contributed by atoms with E-state index in [9.17, 15) is 9.59 Å². The molecule has 2 aromatic carbocycles. The van der Waals surface area contributed by atoms with Crippen LogP contribution in [0, 0.1) is 25.7 Å². The molecule has 2 atom stereocenters. The third-order valence-corrected chi connectivity index (χ3v) is 4.97. The molecule has 24 heavy (non-hydrogen) atoms. The molecule has 1 saturated heterocycles. The van der Waals surface area contributed by atoms with E-state index in [4.69, 9.17) is 0 Å². The molecule has 2 aromatic rings. The lowest BCUT2D eigenvalue weighted by Gasteiger charge is -2.14. The van der Waals surface area contributed by atoms with Crippen molar-refractivity contribution in [2.24, 2.45) is 11.8 Å². The van der Waals surface area contributed by atoms with Crippen LogP contribution < -0.4 is 4.90 Å². The lowest BCUT2D eigenvalue weighted by Crippen LogP contribution is -3.07. The van der Waals surface area contributed by atoms with Crippen LogP contribution in [0.3, 0.4) is 0 Å². The first-order valence-electron chi connectivity index (χ1n) is 8.49. The summed E-state index contributed by atoms with van der Waals surface area (Å²) in [4.78, 5) is 27.1. The Balaban J connectivity index is 1.86.